The van der Waals surface area contributed by atoms with Crippen LogP contribution in [-0.2, 0) is 16.0 Å². The molecular weight excluding hydrogens is 335 g/mol. The fraction of sp³-hybridized carbons (Fsp3) is 0.200. The number of carbonyl (C=O) groups is 3. The normalized spacial score (nSPS) is 14.0. The highest BCUT2D eigenvalue weighted by atomic mass is 32.1. The summed E-state index contributed by atoms with van der Waals surface area (Å²) < 4.78 is 13.2. The second-order valence-electron chi connectivity index (χ2n) is 5.13. The van der Waals surface area contributed by atoms with Gasteiger partial charge >= 0.3 is 6.03 Å². The van der Waals surface area contributed by atoms with E-state index in [0.29, 0.717) is 11.6 Å². The molecule has 0 bridgehead atoms. The Kier molecular flexibility index (Phi) is 4.52. The van der Waals surface area contributed by atoms with Gasteiger partial charge in [-0.2, -0.15) is 0 Å². The van der Waals surface area contributed by atoms with E-state index in [4.69, 9.17) is 0 Å². The van der Waals surface area contributed by atoms with Gasteiger partial charge in [0.25, 0.3) is 5.91 Å². The number of rotatable bonds is 5. The summed E-state index contributed by atoms with van der Waals surface area (Å²) in [6.45, 7) is -0.454. The van der Waals surface area contributed by atoms with Gasteiger partial charge in [0, 0.05) is 17.5 Å². The number of nitrogens with one attached hydrogen (secondary N) is 2. The maximum atomic E-state index is 13.2. The van der Waals surface area contributed by atoms with Crippen LogP contribution in [0.1, 0.15) is 10.4 Å². The first kappa shape index (κ1) is 16.1. The Bertz CT molecular complexity index is 792. The lowest BCUT2D eigenvalue weighted by Gasteiger charge is -2.10. The first-order valence-corrected chi connectivity index (χ1v) is 7.90. The van der Waals surface area contributed by atoms with Gasteiger partial charge in [0.1, 0.15) is 12.4 Å². The average Bonchev–Trinajstić information content (AvgIpc) is 3.08. The van der Waals surface area contributed by atoms with Gasteiger partial charge in [0.15, 0.2) is 5.13 Å². The van der Waals surface area contributed by atoms with Crippen LogP contribution < -0.4 is 10.6 Å². The van der Waals surface area contributed by atoms with Crippen LogP contribution >= 0.6 is 11.3 Å². The molecule has 0 saturated carbocycles. The van der Waals surface area contributed by atoms with Crippen LogP contribution in [0, 0.1) is 5.82 Å². The zero-order chi connectivity index (χ0) is 17.1. The number of imide groups is 1. The number of carbonyl (C=O) groups excluding carboxylic acids is 3. The molecule has 1 aliphatic heterocycles. The lowest BCUT2D eigenvalue weighted by atomic mass is 10.1. The van der Waals surface area contributed by atoms with Crippen LogP contribution in [0.5, 0.6) is 0 Å². The van der Waals surface area contributed by atoms with Crippen LogP contribution in [0.25, 0.3) is 0 Å². The highest BCUT2D eigenvalue weighted by Crippen LogP contribution is 2.21. The van der Waals surface area contributed by atoms with E-state index >= 15 is 0 Å². The molecule has 0 atom stereocenters. The Labute approximate surface area is 140 Å². The summed E-state index contributed by atoms with van der Waals surface area (Å²) in [5, 5.41) is 5.25. The molecule has 1 aromatic carbocycles. The van der Waals surface area contributed by atoms with Gasteiger partial charge in [-0.05, 0) is 17.7 Å². The number of thiazole rings is 1. The molecule has 1 aliphatic rings. The molecule has 1 fully saturated rings. The molecule has 0 spiro atoms. The van der Waals surface area contributed by atoms with E-state index in [1.165, 1.54) is 23.5 Å². The third kappa shape index (κ3) is 3.74. The van der Waals surface area contributed by atoms with Crippen molar-refractivity contribution >= 4 is 34.3 Å². The molecule has 2 aromatic rings. The molecule has 2 N–H and O–H groups in total. The van der Waals surface area contributed by atoms with Gasteiger partial charge in [0.2, 0.25) is 5.91 Å². The molecule has 1 aromatic heterocycles. The Morgan fingerprint density at radius 2 is 2.25 bits per heavy atom. The zero-order valence-corrected chi connectivity index (χ0v) is 13.2. The minimum atomic E-state index is -0.582. The number of nitrogens with zero attached hydrogens (tertiary/aromatic N) is 2. The van der Waals surface area contributed by atoms with Crippen LogP contribution in [0.2, 0.25) is 0 Å². The zero-order valence-electron chi connectivity index (χ0n) is 12.4. The number of urea groups is 1. The summed E-state index contributed by atoms with van der Waals surface area (Å²) in [7, 11) is 0. The number of anilines is 1. The first-order valence-electron chi connectivity index (χ1n) is 7.08. The molecule has 9 heteroatoms. The quantitative estimate of drug-likeness (QED) is 0.798. The molecule has 0 radical (unpaired) electrons. The molecule has 4 amide bonds. The van der Waals surface area contributed by atoms with Crippen molar-refractivity contribution in [3.05, 3.63) is 46.7 Å². The number of hydrogen-bond donors (Lipinski definition) is 2. The van der Waals surface area contributed by atoms with Crippen molar-refractivity contribution < 1.29 is 18.8 Å². The van der Waals surface area contributed by atoms with Crippen molar-refractivity contribution in [1.29, 1.82) is 0 Å². The summed E-state index contributed by atoms with van der Waals surface area (Å²) in [4.78, 5) is 40.5. The minimum Gasteiger partial charge on any atom is -0.329 e. The van der Waals surface area contributed by atoms with Gasteiger partial charge in [0.05, 0.1) is 6.54 Å². The molecule has 0 unspecified atom stereocenters. The SMILES string of the molecule is O=C(CN1C(=O)CNC1=O)Nc1ncc(Cc2cccc(F)c2)s1. The number of aromatic nitrogens is 1. The standard InChI is InChI=1S/C15H13FN4O3S/c16-10-3-1-2-9(4-10)5-11-6-17-14(24-11)19-12(21)8-20-13(22)7-18-15(20)23/h1-4,6H,5,7-8H2,(H,18,23)(H,17,19,21). The third-order valence-corrected chi connectivity index (χ3v) is 4.22. The molecule has 7 nitrogen and oxygen atoms in total. The van der Waals surface area contributed by atoms with Crippen LogP contribution in [-0.4, -0.2) is 40.8 Å². The monoisotopic (exact) mass is 348 g/mol. The largest absolute Gasteiger partial charge is 0.329 e. The molecule has 3 rings (SSSR count). The number of amides is 4. The van der Waals surface area contributed by atoms with E-state index < -0.39 is 17.8 Å². The van der Waals surface area contributed by atoms with E-state index in [-0.39, 0.29) is 18.9 Å². The van der Waals surface area contributed by atoms with Gasteiger partial charge < -0.3 is 10.6 Å². The highest BCUT2D eigenvalue weighted by Gasteiger charge is 2.30. The van der Waals surface area contributed by atoms with E-state index in [1.807, 2.05) is 0 Å². The van der Waals surface area contributed by atoms with Crippen molar-refractivity contribution in [1.82, 2.24) is 15.2 Å². The summed E-state index contributed by atoms with van der Waals surface area (Å²) in [6, 6.07) is 5.67. The Hall–Kier alpha value is -2.81. The molecular formula is C15H13FN4O3S. The van der Waals surface area contributed by atoms with Gasteiger partial charge in [-0.25, -0.2) is 14.2 Å². The minimum absolute atomic E-state index is 0.0961. The van der Waals surface area contributed by atoms with Crippen molar-refractivity contribution in [3.8, 4) is 0 Å². The van der Waals surface area contributed by atoms with Crippen LogP contribution in [0.4, 0.5) is 14.3 Å². The molecule has 1 saturated heterocycles. The Balaban J connectivity index is 1.58. The predicted molar refractivity (Wildman–Crippen MR) is 85.1 cm³/mol. The third-order valence-electron chi connectivity index (χ3n) is 3.31. The average molecular weight is 348 g/mol. The summed E-state index contributed by atoms with van der Waals surface area (Å²) in [5.41, 5.74) is 0.802. The van der Waals surface area contributed by atoms with Crippen molar-refractivity contribution in [2.75, 3.05) is 18.4 Å². The molecule has 124 valence electrons. The Morgan fingerprint density at radius 3 is 2.96 bits per heavy atom. The maximum Gasteiger partial charge on any atom is 0.325 e. The predicted octanol–water partition coefficient (Wildman–Crippen LogP) is 1.36. The fourth-order valence-corrected chi connectivity index (χ4v) is 3.08. The van der Waals surface area contributed by atoms with E-state index in [1.54, 1.807) is 18.3 Å². The fourth-order valence-electron chi connectivity index (χ4n) is 2.21. The smallest absolute Gasteiger partial charge is 0.325 e. The van der Waals surface area contributed by atoms with Gasteiger partial charge in [-0.3, -0.25) is 14.5 Å². The Morgan fingerprint density at radius 1 is 1.42 bits per heavy atom. The van der Waals surface area contributed by atoms with Gasteiger partial charge in [-0.15, -0.1) is 11.3 Å². The maximum absolute atomic E-state index is 13.2. The summed E-state index contributed by atoms with van der Waals surface area (Å²) in [5.74, 6) is -1.26. The second-order valence-corrected chi connectivity index (χ2v) is 6.24. The van der Waals surface area contributed by atoms with Gasteiger partial charge in [-0.1, -0.05) is 12.1 Å². The van der Waals surface area contributed by atoms with Crippen molar-refractivity contribution in [2.45, 2.75) is 6.42 Å². The first-order chi connectivity index (χ1) is 11.5. The van der Waals surface area contributed by atoms with E-state index in [2.05, 4.69) is 15.6 Å². The number of halogens is 1. The lowest BCUT2D eigenvalue weighted by molar-refractivity contribution is -0.128. The van der Waals surface area contributed by atoms with Crippen molar-refractivity contribution in [3.63, 3.8) is 0 Å². The topological polar surface area (TPSA) is 91.4 Å². The highest BCUT2D eigenvalue weighted by molar-refractivity contribution is 7.15. The molecule has 24 heavy (non-hydrogen) atoms. The molecule has 2 heterocycles. The number of hydrogen-bond acceptors (Lipinski definition) is 5. The van der Waals surface area contributed by atoms with Crippen molar-refractivity contribution in [2.24, 2.45) is 0 Å². The number of benzene rings is 1. The second kappa shape index (κ2) is 6.75. The van der Waals surface area contributed by atoms with E-state index in [9.17, 15) is 18.8 Å². The molecule has 0 aliphatic carbocycles. The van der Waals surface area contributed by atoms with E-state index in [0.717, 1.165) is 15.3 Å². The lowest BCUT2D eigenvalue weighted by Crippen LogP contribution is -2.38. The summed E-state index contributed by atoms with van der Waals surface area (Å²) in [6.07, 6.45) is 2.09. The van der Waals surface area contributed by atoms with Crippen LogP contribution in [0.15, 0.2) is 30.5 Å². The summed E-state index contributed by atoms with van der Waals surface area (Å²) >= 11 is 1.25. The van der Waals surface area contributed by atoms with Crippen LogP contribution in [0.3, 0.4) is 0 Å².